The number of amides is 1. The fourth-order valence-corrected chi connectivity index (χ4v) is 3.13. The Morgan fingerprint density at radius 1 is 1.23 bits per heavy atom. The summed E-state index contributed by atoms with van der Waals surface area (Å²) in [4.78, 5) is 16.4. The van der Waals surface area contributed by atoms with Crippen LogP contribution in [0, 0.1) is 5.92 Å². The highest BCUT2D eigenvalue weighted by molar-refractivity contribution is 5.78. The Morgan fingerprint density at radius 3 is 2.36 bits per heavy atom. The van der Waals surface area contributed by atoms with Gasteiger partial charge in [-0.25, -0.2) is 0 Å². The van der Waals surface area contributed by atoms with Gasteiger partial charge in [-0.2, -0.15) is 0 Å². The summed E-state index contributed by atoms with van der Waals surface area (Å²) in [6.07, 6.45) is 1.33. The van der Waals surface area contributed by atoms with Gasteiger partial charge in [-0.15, -0.1) is 0 Å². The summed E-state index contributed by atoms with van der Waals surface area (Å²) in [5.41, 5.74) is 0.982. The molecule has 0 aliphatic carbocycles. The standard InChI is InChI=1S/C18H28N2O2/c1-3-19(4-2)14-17(21)20-12-10-16(11-13-20)18(22)15-8-6-5-7-9-15/h5-9,16,18,22H,3-4,10-14H2,1-2H3. The Morgan fingerprint density at radius 2 is 1.82 bits per heavy atom. The Kier molecular flexibility index (Phi) is 6.40. The summed E-state index contributed by atoms with van der Waals surface area (Å²) in [5.74, 6) is 0.469. The summed E-state index contributed by atoms with van der Waals surface area (Å²) in [6, 6.07) is 9.83. The molecule has 1 aliphatic heterocycles. The number of carbonyl (C=O) groups is 1. The predicted molar refractivity (Wildman–Crippen MR) is 88.5 cm³/mol. The molecule has 1 aromatic rings. The molecule has 1 saturated heterocycles. The summed E-state index contributed by atoms with van der Waals surface area (Å²) in [5, 5.41) is 10.5. The third-order valence-corrected chi connectivity index (χ3v) is 4.73. The van der Waals surface area contributed by atoms with Crippen LogP contribution in [0.25, 0.3) is 0 Å². The lowest BCUT2D eigenvalue weighted by atomic mass is 9.87. The van der Waals surface area contributed by atoms with Crippen LogP contribution in [-0.4, -0.2) is 53.5 Å². The number of carbonyl (C=O) groups excluding carboxylic acids is 1. The molecule has 122 valence electrons. The van der Waals surface area contributed by atoms with Crippen molar-refractivity contribution in [3.05, 3.63) is 35.9 Å². The fourth-order valence-electron chi connectivity index (χ4n) is 3.13. The molecule has 1 unspecified atom stereocenters. The van der Waals surface area contributed by atoms with Crippen molar-refractivity contribution in [2.75, 3.05) is 32.7 Å². The van der Waals surface area contributed by atoms with E-state index >= 15 is 0 Å². The molecule has 1 atom stereocenters. The van der Waals surface area contributed by atoms with Crippen LogP contribution in [0.4, 0.5) is 0 Å². The molecule has 0 bridgehead atoms. The van der Waals surface area contributed by atoms with Gasteiger partial charge in [0.05, 0.1) is 12.6 Å². The normalized spacial score (nSPS) is 17.7. The molecular weight excluding hydrogens is 276 g/mol. The molecule has 1 amide bonds. The van der Waals surface area contributed by atoms with Crippen molar-refractivity contribution >= 4 is 5.91 Å². The topological polar surface area (TPSA) is 43.8 Å². The number of hydrogen-bond donors (Lipinski definition) is 1. The maximum Gasteiger partial charge on any atom is 0.236 e. The molecule has 1 aliphatic rings. The molecule has 1 aromatic carbocycles. The van der Waals surface area contributed by atoms with E-state index in [9.17, 15) is 9.90 Å². The summed E-state index contributed by atoms with van der Waals surface area (Å²) < 4.78 is 0. The van der Waals surface area contributed by atoms with Gasteiger partial charge in [-0.05, 0) is 37.4 Å². The number of aliphatic hydroxyl groups is 1. The molecule has 0 spiro atoms. The maximum absolute atomic E-state index is 12.3. The van der Waals surface area contributed by atoms with Gasteiger partial charge in [0.25, 0.3) is 0 Å². The first-order valence-corrected chi connectivity index (χ1v) is 8.38. The lowest BCUT2D eigenvalue weighted by molar-refractivity contribution is -0.134. The van der Waals surface area contributed by atoms with Crippen LogP contribution < -0.4 is 0 Å². The van der Waals surface area contributed by atoms with Crippen molar-refractivity contribution in [2.24, 2.45) is 5.92 Å². The van der Waals surface area contributed by atoms with E-state index in [1.807, 2.05) is 35.2 Å². The first-order chi connectivity index (χ1) is 10.7. The van der Waals surface area contributed by atoms with Crippen LogP contribution in [0.15, 0.2) is 30.3 Å². The van der Waals surface area contributed by atoms with Crippen LogP contribution in [0.1, 0.15) is 38.4 Å². The molecule has 0 aromatic heterocycles. The van der Waals surface area contributed by atoms with E-state index in [-0.39, 0.29) is 11.8 Å². The van der Waals surface area contributed by atoms with Gasteiger partial charge < -0.3 is 10.0 Å². The van der Waals surface area contributed by atoms with Gasteiger partial charge in [0.1, 0.15) is 0 Å². The second kappa shape index (κ2) is 8.30. The summed E-state index contributed by atoms with van der Waals surface area (Å²) >= 11 is 0. The molecule has 1 fully saturated rings. The van der Waals surface area contributed by atoms with Crippen molar-refractivity contribution in [1.29, 1.82) is 0 Å². The molecular formula is C18H28N2O2. The van der Waals surface area contributed by atoms with Crippen molar-refractivity contribution < 1.29 is 9.90 Å². The average Bonchev–Trinajstić information content (AvgIpc) is 2.59. The monoisotopic (exact) mass is 304 g/mol. The summed E-state index contributed by atoms with van der Waals surface area (Å²) in [7, 11) is 0. The van der Waals surface area contributed by atoms with E-state index in [4.69, 9.17) is 0 Å². The van der Waals surface area contributed by atoms with Crippen molar-refractivity contribution in [2.45, 2.75) is 32.8 Å². The Labute approximate surface area is 133 Å². The number of nitrogens with zero attached hydrogens (tertiary/aromatic N) is 2. The quantitative estimate of drug-likeness (QED) is 0.877. The van der Waals surface area contributed by atoms with Crippen LogP contribution in [-0.2, 0) is 4.79 Å². The molecule has 1 heterocycles. The Hall–Kier alpha value is -1.39. The van der Waals surface area contributed by atoms with E-state index in [1.165, 1.54) is 0 Å². The molecule has 4 heteroatoms. The first kappa shape index (κ1) is 17.0. The average molecular weight is 304 g/mol. The predicted octanol–water partition coefficient (Wildman–Crippen LogP) is 2.30. The van der Waals surface area contributed by atoms with E-state index in [0.29, 0.717) is 6.54 Å². The van der Waals surface area contributed by atoms with E-state index < -0.39 is 6.10 Å². The second-order valence-electron chi connectivity index (χ2n) is 6.04. The number of likely N-dealkylation sites (N-methyl/N-ethyl adjacent to an activating group) is 1. The molecule has 1 N–H and O–H groups in total. The van der Waals surface area contributed by atoms with E-state index in [2.05, 4.69) is 18.7 Å². The lowest BCUT2D eigenvalue weighted by Crippen LogP contribution is -2.44. The van der Waals surface area contributed by atoms with Gasteiger partial charge >= 0.3 is 0 Å². The van der Waals surface area contributed by atoms with E-state index in [0.717, 1.165) is 44.6 Å². The SMILES string of the molecule is CCN(CC)CC(=O)N1CCC(C(O)c2ccccc2)CC1. The number of likely N-dealkylation sites (tertiary alicyclic amines) is 1. The summed E-state index contributed by atoms with van der Waals surface area (Å²) in [6.45, 7) is 8.01. The highest BCUT2D eigenvalue weighted by atomic mass is 16.3. The smallest absolute Gasteiger partial charge is 0.236 e. The number of piperidine rings is 1. The van der Waals surface area contributed by atoms with E-state index in [1.54, 1.807) is 0 Å². The van der Waals surface area contributed by atoms with Crippen molar-refractivity contribution in [3.63, 3.8) is 0 Å². The zero-order chi connectivity index (χ0) is 15.9. The lowest BCUT2D eigenvalue weighted by Gasteiger charge is -2.35. The minimum absolute atomic E-state index is 0.219. The highest BCUT2D eigenvalue weighted by Crippen LogP contribution is 2.30. The Balaban J connectivity index is 1.84. The van der Waals surface area contributed by atoms with Gasteiger partial charge in [-0.3, -0.25) is 9.69 Å². The highest BCUT2D eigenvalue weighted by Gasteiger charge is 2.28. The van der Waals surface area contributed by atoms with Crippen molar-refractivity contribution in [3.8, 4) is 0 Å². The first-order valence-electron chi connectivity index (χ1n) is 8.38. The van der Waals surface area contributed by atoms with Crippen LogP contribution >= 0.6 is 0 Å². The van der Waals surface area contributed by atoms with Gasteiger partial charge in [0, 0.05) is 13.1 Å². The molecule has 2 rings (SSSR count). The zero-order valence-electron chi connectivity index (χ0n) is 13.7. The van der Waals surface area contributed by atoms with Gasteiger partial charge in [-0.1, -0.05) is 44.2 Å². The number of aliphatic hydroxyl groups excluding tert-OH is 1. The molecule has 0 radical (unpaired) electrons. The minimum atomic E-state index is -0.416. The third-order valence-electron chi connectivity index (χ3n) is 4.73. The van der Waals surface area contributed by atoms with Crippen LogP contribution in [0.3, 0.4) is 0 Å². The number of benzene rings is 1. The molecule has 22 heavy (non-hydrogen) atoms. The van der Waals surface area contributed by atoms with Crippen LogP contribution in [0.5, 0.6) is 0 Å². The third kappa shape index (κ3) is 4.31. The fraction of sp³-hybridized carbons (Fsp3) is 0.611. The zero-order valence-corrected chi connectivity index (χ0v) is 13.7. The number of rotatable bonds is 6. The second-order valence-corrected chi connectivity index (χ2v) is 6.04. The minimum Gasteiger partial charge on any atom is -0.388 e. The molecule has 0 saturated carbocycles. The number of hydrogen-bond acceptors (Lipinski definition) is 3. The largest absolute Gasteiger partial charge is 0.388 e. The maximum atomic E-state index is 12.3. The van der Waals surface area contributed by atoms with Crippen molar-refractivity contribution in [1.82, 2.24) is 9.80 Å². The van der Waals surface area contributed by atoms with Gasteiger partial charge in [0.15, 0.2) is 0 Å². The van der Waals surface area contributed by atoms with Gasteiger partial charge in [0.2, 0.25) is 5.91 Å². The molecule has 4 nitrogen and oxygen atoms in total. The Bertz CT molecular complexity index is 451. The van der Waals surface area contributed by atoms with Crippen LogP contribution in [0.2, 0.25) is 0 Å².